The Morgan fingerprint density at radius 1 is 0.792 bits per heavy atom. The molecule has 1 aliphatic heterocycles. The molecule has 0 fully saturated rings. The maximum atomic E-state index is 12.3. The number of allylic oxidation sites excluding steroid dienone is 1. The molecule has 278 valence electrons. The molecule has 0 amide bonds. The topological polar surface area (TPSA) is 59.6 Å². The normalized spacial score (nSPS) is 22.8. The fourth-order valence-corrected chi connectivity index (χ4v) is 8.50. The van der Waals surface area contributed by atoms with E-state index in [4.69, 9.17) is 14.7 Å². The summed E-state index contributed by atoms with van der Waals surface area (Å²) in [4.78, 5) is 10.6. The molecule has 0 saturated heterocycles. The van der Waals surface area contributed by atoms with Crippen LogP contribution in [0.2, 0.25) is 0 Å². The molecule has 5 aromatic rings. The number of hydrogen-bond acceptors (Lipinski definition) is 4. The number of benzene rings is 4. The molecule has 2 heterocycles. The van der Waals surface area contributed by atoms with Gasteiger partial charge in [0.25, 0.3) is 0 Å². The molecule has 4 aromatic carbocycles. The zero-order chi connectivity index (χ0) is 36.7. The Bertz CT molecular complexity index is 2230. The minimum absolute atomic E-state index is 0. The van der Waals surface area contributed by atoms with Crippen LogP contribution < -0.4 is 0 Å². The van der Waals surface area contributed by atoms with Gasteiger partial charge < -0.3 is 9.84 Å². The van der Waals surface area contributed by atoms with Crippen molar-refractivity contribution in [2.75, 3.05) is 0 Å². The Balaban J connectivity index is 0.00000435. The van der Waals surface area contributed by atoms with E-state index in [2.05, 4.69) is 158 Å². The van der Waals surface area contributed by atoms with E-state index < -0.39 is 6.10 Å². The summed E-state index contributed by atoms with van der Waals surface area (Å²) >= 11 is 0. The third kappa shape index (κ3) is 6.78. The van der Waals surface area contributed by atoms with Crippen molar-refractivity contribution < 1.29 is 30.9 Å². The summed E-state index contributed by atoms with van der Waals surface area (Å²) < 4.78 is 8.74. The van der Waals surface area contributed by atoms with E-state index in [-0.39, 0.29) is 61.3 Å². The van der Waals surface area contributed by atoms with E-state index >= 15 is 0 Å². The Kier molecular flexibility index (Phi) is 9.56. The van der Waals surface area contributed by atoms with Gasteiger partial charge in [0.05, 0.1) is 17.1 Å². The molecule has 1 N–H and O–H groups in total. The molecule has 1 aromatic heterocycles. The molecular weight excluding hydrogens is 834 g/mol. The zero-order valence-corrected chi connectivity index (χ0v) is 34.7. The second-order valence-corrected chi connectivity index (χ2v) is 18.4. The maximum absolute atomic E-state index is 12.3. The van der Waals surface area contributed by atoms with E-state index in [9.17, 15) is 5.11 Å². The van der Waals surface area contributed by atoms with Crippen molar-refractivity contribution in [3.05, 3.63) is 125 Å². The largest absolute Gasteiger partial charge is 0.505 e. The molecule has 5 nitrogen and oxygen atoms in total. The molecule has 53 heavy (non-hydrogen) atoms. The second-order valence-electron chi connectivity index (χ2n) is 18.4. The fourth-order valence-electron chi connectivity index (χ4n) is 8.50. The average Bonchev–Trinajstić information content (AvgIpc) is 3.78. The van der Waals surface area contributed by atoms with Gasteiger partial charge in [-0.2, -0.15) is 0 Å². The van der Waals surface area contributed by atoms with Gasteiger partial charge >= 0.3 is 0 Å². The minimum atomic E-state index is -0.650. The van der Waals surface area contributed by atoms with Gasteiger partial charge in [-0.25, -0.2) is 4.98 Å². The molecular formula is C47H52N3O2Pt-. The third-order valence-electron chi connectivity index (χ3n) is 11.7. The van der Waals surface area contributed by atoms with Crippen molar-refractivity contribution in [1.82, 2.24) is 9.55 Å². The van der Waals surface area contributed by atoms with E-state index in [1.54, 1.807) is 0 Å². The van der Waals surface area contributed by atoms with Gasteiger partial charge in [-0.3, -0.25) is 9.56 Å². The Labute approximate surface area is 329 Å². The summed E-state index contributed by atoms with van der Waals surface area (Å²) in [7, 11) is 0. The van der Waals surface area contributed by atoms with Crippen LogP contribution in [0.5, 0.6) is 0 Å². The fraction of sp³-hybridized carbons (Fsp3) is 0.404. The smallest absolute Gasteiger partial charge is 0.148 e. The van der Waals surface area contributed by atoms with Crippen molar-refractivity contribution in [3.63, 3.8) is 0 Å². The van der Waals surface area contributed by atoms with Crippen molar-refractivity contribution >= 4 is 22.5 Å². The first-order valence-electron chi connectivity index (χ1n) is 19.0. The molecule has 6 heteroatoms. The van der Waals surface area contributed by atoms with Gasteiger partial charge in [0.15, 0.2) is 0 Å². The first kappa shape index (κ1) is 37.5. The SMILES string of the molecule is CC(C)(C)c1ccc(-n2c(C3=C[C@H](C(C)(C)C)C[C@H](C(C)(C)C)[C@@H]3O)nc3c(-c4[c-]c(C5=N[C@H]6c7ccccc7C[C@H]6O5)ccc4)cccc32)cc1.[Pt]. The number of fused-ring (bicyclic) bond motifs is 4. The number of nitrogens with zero attached hydrogens (tertiary/aromatic N) is 3. The van der Waals surface area contributed by atoms with E-state index in [0.29, 0.717) is 5.90 Å². The molecule has 5 atom stereocenters. The quantitative estimate of drug-likeness (QED) is 0.183. The van der Waals surface area contributed by atoms with Gasteiger partial charge in [-0.05, 0) is 69.4 Å². The number of aliphatic hydroxyl groups excluding tert-OH is 1. The number of aliphatic imine (C=N–C) groups is 1. The number of para-hydroxylation sites is 1. The summed E-state index contributed by atoms with van der Waals surface area (Å²) in [5.74, 6) is 1.82. The van der Waals surface area contributed by atoms with Crippen LogP contribution in [0.15, 0.2) is 96.0 Å². The monoisotopic (exact) mass is 885 g/mol. The van der Waals surface area contributed by atoms with Gasteiger partial charge in [0.1, 0.15) is 23.9 Å². The number of imidazole rings is 1. The summed E-state index contributed by atoms with van der Waals surface area (Å²) in [6.45, 7) is 20.4. The van der Waals surface area contributed by atoms with Crippen LogP contribution in [-0.2, 0) is 37.6 Å². The first-order valence-corrected chi connectivity index (χ1v) is 19.0. The van der Waals surface area contributed by atoms with Crippen LogP contribution in [-0.4, -0.2) is 32.8 Å². The Morgan fingerprint density at radius 2 is 1.49 bits per heavy atom. The number of hydrogen-bond donors (Lipinski definition) is 1. The van der Waals surface area contributed by atoms with Gasteiger partial charge in [0, 0.05) is 38.7 Å². The molecule has 0 saturated carbocycles. The summed E-state index contributed by atoms with van der Waals surface area (Å²) in [5, 5.41) is 12.3. The molecule has 0 spiro atoms. The van der Waals surface area contributed by atoms with Crippen molar-refractivity contribution in [3.8, 4) is 16.8 Å². The molecule has 0 radical (unpaired) electrons. The predicted molar refractivity (Wildman–Crippen MR) is 213 cm³/mol. The first-order chi connectivity index (χ1) is 24.6. The van der Waals surface area contributed by atoms with Gasteiger partial charge in [-0.1, -0.05) is 128 Å². The molecule has 8 rings (SSSR count). The van der Waals surface area contributed by atoms with Crippen LogP contribution in [0.4, 0.5) is 0 Å². The molecule has 2 aliphatic carbocycles. The Hall–Kier alpha value is -3.79. The van der Waals surface area contributed by atoms with E-state index in [1.807, 2.05) is 6.07 Å². The van der Waals surface area contributed by atoms with Crippen LogP contribution in [0.25, 0.3) is 33.4 Å². The van der Waals surface area contributed by atoms with Crippen LogP contribution in [0, 0.1) is 28.7 Å². The minimum Gasteiger partial charge on any atom is -0.505 e. The second kappa shape index (κ2) is 13.5. The van der Waals surface area contributed by atoms with Crippen LogP contribution >= 0.6 is 0 Å². The predicted octanol–water partition coefficient (Wildman–Crippen LogP) is 10.7. The average molecular weight is 886 g/mol. The maximum Gasteiger partial charge on any atom is 0.148 e. The van der Waals surface area contributed by atoms with E-state index in [0.717, 1.165) is 57.7 Å². The van der Waals surface area contributed by atoms with Crippen molar-refractivity contribution in [2.45, 2.75) is 98.8 Å². The zero-order valence-electron chi connectivity index (χ0n) is 32.5. The summed E-state index contributed by atoms with van der Waals surface area (Å²) in [5.41, 5.74) is 10.4. The summed E-state index contributed by atoms with van der Waals surface area (Å²) in [6, 6.07) is 33.7. The van der Waals surface area contributed by atoms with Crippen molar-refractivity contribution in [1.29, 1.82) is 0 Å². The number of aliphatic hydroxyl groups is 1. The van der Waals surface area contributed by atoms with Gasteiger partial charge in [-0.15, -0.1) is 29.8 Å². The van der Waals surface area contributed by atoms with Crippen LogP contribution in [0.1, 0.15) is 103 Å². The van der Waals surface area contributed by atoms with Crippen molar-refractivity contribution in [2.24, 2.45) is 27.7 Å². The number of aromatic nitrogens is 2. The molecule has 0 bridgehead atoms. The molecule has 3 aliphatic rings. The van der Waals surface area contributed by atoms with Gasteiger partial charge in [0.2, 0.25) is 0 Å². The standard InChI is InChI=1S/C47H52N3O2.Pt/c1-45(2,3)31-20-22-33(23-21-31)50-38-19-13-18-34(40(38)48-43(50)36-26-32(46(4,5)6)27-37(42(36)51)47(7,8)9)28-15-12-16-30(24-28)44-49-41-35-17-11-10-14-29(35)25-39(41)52-44;/h10-23,26,32,37,39,41-42,51H,25,27H2,1-9H3;/q-1;/t32-,37-,39+,41-,42+;/m0./s1. The number of ether oxygens (including phenoxy) is 1. The Morgan fingerprint density at radius 3 is 2.19 bits per heavy atom. The molecule has 0 unspecified atom stereocenters. The summed E-state index contributed by atoms with van der Waals surface area (Å²) in [6.07, 6.45) is 3.51. The van der Waals surface area contributed by atoms with E-state index in [1.165, 1.54) is 16.7 Å². The number of rotatable bonds is 4. The van der Waals surface area contributed by atoms with Crippen LogP contribution in [0.3, 0.4) is 0 Å². The third-order valence-corrected chi connectivity index (χ3v) is 11.7.